The minimum absolute atomic E-state index is 0.00604. The largest absolute Gasteiger partial charge is 0.466 e. The van der Waals surface area contributed by atoms with Gasteiger partial charge >= 0.3 is 5.97 Å². The quantitative estimate of drug-likeness (QED) is 0.434. The molecule has 1 aliphatic heterocycles. The molecule has 5 heteroatoms. The van der Waals surface area contributed by atoms with Gasteiger partial charge in [-0.15, -0.1) is 0 Å². The van der Waals surface area contributed by atoms with Gasteiger partial charge in [0.15, 0.2) is 8.32 Å². The zero-order valence-electron chi connectivity index (χ0n) is 15.4. The Hall–Kier alpha value is -0.653. The van der Waals surface area contributed by atoms with Gasteiger partial charge in [0.25, 0.3) is 0 Å². The number of carbonyl (C=O) groups excluding carboxylic acids is 1. The summed E-state index contributed by atoms with van der Waals surface area (Å²) in [5, 5.41) is 0.179. The van der Waals surface area contributed by atoms with Crippen molar-refractivity contribution in [2.75, 3.05) is 19.8 Å². The number of hydrogen-bond acceptors (Lipinski definition) is 4. The molecule has 4 nitrogen and oxygen atoms in total. The predicted octanol–water partition coefficient (Wildman–Crippen LogP) is 3.78. The van der Waals surface area contributed by atoms with E-state index in [0.717, 1.165) is 6.42 Å². The van der Waals surface area contributed by atoms with Crippen LogP contribution in [0.5, 0.6) is 0 Å². The van der Waals surface area contributed by atoms with E-state index in [4.69, 9.17) is 13.9 Å². The Bertz CT molecular complexity index is 452. The number of fused-ring (bicyclic) bond motifs is 1. The summed E-state index contributed by atoms with van der Waals surface area (Å²) in [4.78, 5) is 12.3. The molecule has 2 aliphatic rings. The summed E-state index contributed by atoms with van der Waals surface area (Å²) in [5.74, 6) is 0.310. The number of esters is 1. The molecule has 1 saturated heterocycles. The maximum Gasteiger partial charge on any atom is 0.309 e. The van der Waals surface area contributed by atoms with Gasteiger partial charge in [-0.25, -0.2) is 0 Å². The van der Waals surface area contributed by atoms with Gasteiger partial charge in [-0.2, -0.15) is 0 Å². The molecular weight excluding hydrogens is 308 g/mol. The molecule has 0 radical (unpaired) electrons. The second-order valence-electron chi connectivity index (χ2n) is 8.21. The predicted molar refractivity (Wildman–Crippen MR) is 93.7 cm³/mol. The maximum atomic E-state index is 12.3. The molecule has 0 unspecified atom stereocenters. The van der Waals surface area contributed by atoms with E-state index in [1.165, 1.54) is 0 Å². The van der Waals surface area contributed by atoms with Crippen LogP contribution in [0.3, 0.4) is 0 Å². The van der Waals surface area contributed by atoms with Crippen LogP contribution in [0, 0.1) is 17.8 Å². The van der Waals surface area contributed by atoms with Gasteiger partial charge in [-0.3, -0.25) is 4.79 Å². The Morgan fingerprint density at radius 3 is 2.65 bits per heavy atom. The van der Waals surface area contributed by atoms with E-state index in [1.807, 2.05) is 6.92 Å². The lowest BCUT2D eigenvalue weighted by Crippen LogP contribution is -2.45. The van der Waals surface area contributed by atoms with Gasteiger partial charge in [0, 0.05) is 11.8 Å². The summed E-state index contributed by atoms with van der Waals surface area (Å²) in [6, 6.07) is 0. The fraction of sp³-hybridized carbons (Fsp3) is 0.833. The lowest BCUT2D eigenvalue weighted by molar-refractivity contribution is -0.151. The Morgan fingerprint density at radius 2 is 2.04 bits per heavy atom. The monoisotopic (exact) mass is 340 g/mol. The number of ether oxygens (including phenoxy) is 2. The highest BCUT2D eigenvalue weighted by Gasteiger charge is 2.47. The van der Waals surface area contributed by atoms with Crippen molar-refractivity contribution in [3.8, 4) is 0 Å². The van der Waals surface area contributed by atoms with Crippen molar-refractivity contribution in [3.05, 3.63) is 12.2 Å². The lowest BCUT2D eigenvalue weighted by atomic mass is 9.75. The topological polar surface area (TPSA) is 44.8 Å². The standard InChI is InChI=1S/C18H32O4Si/c1-7-20-17(19)14-10-8-9-13-11-21-15(16(13)14)12-22-23(5,6)18(2,3)4/h8-9,13-16H,7,10-12H2,1-6H3/t13-,14-,15-,16-/m0/s1. The highest BCUT2D eigenvalue weighted by atomic mass is 28.4. The van der Waals surface area contributed by atoms with Crippen LogP contribution in [0.4, 0.5) is 0 Å². The van der Waals surface area contributed by atoms with Crippen LogP contribution in [-0.2, 0) is 18.7 Å². The van der Waals surface area contributed by atoms with Crippen LogP contribution in [-0.4, -0.2) is 40.2 Å². The molecule has 1 heterocycles. The van der Waals surface area contributed by atoms with Crippen LogP contribution in [0.2, 0.25) is 18.1 Å². The van der Waals surface area contributed by atoms with Gasteiger partial charge in [-0.1, -0.05) is 32.9 Å². The van der Waals surface area contributed by atoms with E-state index < -0.39 is 8.32 Å². The van der Waals surface area contributed by atoms with E-state index in [1.54, 1.807) is 0 Å². The molecule has 1 fully saturated rings. The zero-order valence-corrected chi connectivity index (χ0v) is 16.4. The molecule has 0 bridgehead atoms. The van der Waals surface area contributed by atoms with Gasteiger partial charge in [0.05, 0.1) is 31.8 Å². The summed E-state index contributed by atoms with van der Waals surface area (Å²) < 4.78 is 17.6. The van der Waals surface area contributed by atoms with Crippen molar-refractivity contribution in [2.24, 2.45) is 17.8 Å². The first kappa shape index (κ1) is 18.7. The summed E-state index contributed by atoms with van der Waals surface area (Å²) in [7, 11) is -1.81. The van der Waals surface area contributed by atoms with Crippen molar-refractivity contribution in [1.29, 1.82) is 0 Å². The molecule has 0 spiro atoms. The molecular formula is C18H32O4Si. The van der Waals surface area contributed by atoms with Gasteiger partial charge in [0.2, 0.25) is 0 Å². The van der Waals surface area contributed by atoms with Crippen molar-refractivity contribution < 1.29 is 18.7 Å². The van der Waals surface area contributed by atoms with E-state index in [-0.39, 0.29) is 28.9 Å². The third-order valence-corrected chi connectivity index (χ3v) is 10.2. The van der Waals surface area contributed by atoms with Crippen LogP contribution < -0.4 is 0 Å². The van der Waals surface area contributed by atoms with Gasteiger partial charge in [-0.05, 0) is 31.5 Å². The molecule has 0 N–H and O–H groups in total. The Morgan fingerprint density at radius 1 is 1.35 bits per heavy atom. The summed E-state index contributed by atoms with van der Waals surface area (Å²) in [6.45, 7) is 14.8. The van der Waals surface area contributed by atoms with Gasteiger partial charge < -0.3 is 13.9 Å². The summed E-state index contributed by atoms with van der Waals surface area (Å²) in [5.41, 5.74) is 0. The normalized spacial score (nSPS) is 31.0. The Balaban J connectivity index is 2.05. The van der Waals surface area contributed by atoms with Crippen LogP contribution >= 0.6 is 0 Å². The maximum absolute atomic E-state index is 12.3. The fourth-order valence-corrected chi connectivity index (χ4v) is 4.21. The summed E-state index contributed by atoms with van der Waals surface area (Å²) >= 11 is 0. The van der Waals surface area contributed by atoms with E-state index in [9.17, 15) is 4.79 Å². The first-order valence-electron chi connectivity index (χ1n) is 8.76. The third kappa shape index (κ3) is 4.06. The number of allylic oxidation sites excluding steroid dienone is 1. The molecule has 132 valence electrons. The minimum Gasteiger partial charge on any atom is -0.466 e. The third-order valence-electron chi connectivity index (χ3n) is 5.67. The van der Waals surface area contributed by atoms with Crippen molar-refractivity contribution in [1.82, 2.24) is 0 Å². The highest BCUT2D eigenvalue weighted by Crippen LogP contribution is 2.42. The highest BCUT2D eigenvalue weighted by molar-refractivity contribution is 6.74. The molecule has 23 heavy (non-hydrogen) atoms. The summed E-state index contributed by atoms with van der Waals surface area (Å²) in [6.07, 6.45) is 5.05. The number of rotatable bonds is 5. The fourth-order valence-electron chi connectivity index (χ4n) is 3.20. The second-order valence-corrected chi connectivity index (χ2v) is 13.0. The second kappa shape index (κ2) is 7.07. The minimum atomic E-state index is -1.81. The van der Waals surface area contributed by atoms with Crippen molar-refractivity contribution in [2.45, 2.75) is 58.4 Å². The van der Waals surface area contributed by atoms with E-state index >= 15 is 0 Å². The molecule has 0 aromatic rings. The van der Waals surface area contributed by atoms with Crippen molar-refractivity contribution >= 4 is 14.3 Å². The molecule has 0 saturated carbocycles. The smallest absolute Gasteiger partial charge is 0.309 e. The Kier molecular flexibility index (Phi) is 5.75. The first-order valence-corrected chi connectivity index (χ1v) is 11.7. The van der Waals surface area contributed by atoms with Gasteiger partial charge in [0.1, 0.15) is 0 Å². The average Bonchev–Trinajstić information content (AvgIpc) is 2.87. The number of hydrogen-bond donors (Lipinski definition) is 0. The molecule has 0 amide bonds. The van der Waals surface area contributed by atoms with E-state index in [0.29, 0.717) is 25.7 Å². The molecule has 0 aromatic carbocycles. The Labute approximate surface area is 141 Å². The SMILES string of the molecule is CCOC(=O)[C@H]1CC=C[C@H]2CO[C@@H](CO[Si](C)(C)C(C)(C)C)[C@H]12. The van der Waals surface area contributed by atoms with Crippen LogP contribution in [0.25, 0.3) is 0 Å². The molecule has 0 aromatic heterocycles. The molecule has 1 aliphatic carbocycles. The number of carbonyl (C=O) groups is 1. The van der Waals surface area contributed by atoms with E-state index in [2.05, 4.69) is 46.0 Å². The average molecular weight is 341 g/mol. The molecule has 4 atom stereocenters. The lowest BCUT2D eigenvalue weighted by Gasteiger charge is -2.38. The molecule has 2 rings (SSSR count). The van der Waals surface area contributed by atoms with Crippen molar-refractivity contribution in [3.63, 3.8) is 0 Å². The zero-order chi connectivity index (χ0) is 17.3. The van der Waals surface area contributed by atoms with Crippen LogP contribution in [0.15, 0.2) is 12.2 Å². The van der Waals surface area contributed by atoms with Crippen LogP contribution in [0.1, 0.15) is 34.1 Å². The first-order chi connectivity index (χ1) is 10.7.